The smallest absolute Gasteiger partial charge is 0.217 e. The molecule has 20 atom stereocenters. The zero-order valence-electron chi connectivity index (χ0n) is 25.3. The molecule has 4 aliphatic heterocycles. The van der Waals surface area contributed by atoms with Crippen LogP contribution in [0.3, 0.4) is 0 Å². The van der Waals surface area contributed by atoms with Crippen molar-refractivity contribution in [3.05, 3.63) is 0 Å². The molecule has 0 bridgehead atoms. The number of ether oxygens (including phenoxy) is 7. The molecule has 0 aromatic rings. The molecule has 0 aromatic heterocycles. The summed E-state index contributed by atoms with van der Waals surface area (Å²) in [5, 5.41) is 127. The summed E-state index contributed by atoms with van der Waals surface area (Å²) in [7, 11) is 0. The topological polar surface area (TPSA) is 336 Å². The number of rotatable bonds is 10. The molecular weight excluding hydrogens is 646 g/mol. The lowest BCUT2D eigenvalue weighted by Crippen LogP contribution is -2.69. The Morgan fingerprint density at radius 1 is 0.553 bits per heavy atom. The quantitative estimate of drug-likeness (QED) is 0.101. The fraction of sp³-hybridized carbons (Fsp3) is 0.962. The van der Waals surface area contributed by atoms with Gasteiger partial charge < -0.3 is 99.8 Å². The average Bonchev–Trinajstić information content (AvgIpc) is 3.04. The van der Waals surface area contributed by atoms with E-state index in [1.807, 2.05) is 0 Å². The van der Waals surface area contributed by atoms with Crippen LogP contribution in [-0.4, -0.2) is 210 Å². The van der Waals surface area contributed by atoms with E-state index >= 15 is 0 Å². The number of aliphatic hydroxyl groups is 12. The summed E-state index contributed by atoms with van der Waals surface area (Å²) in [5.74, 6) is -0.678. The Hall–Kier alpha value is -1.29. The Morgan fingerprint density at radius 2 is 1.04 bits per heavy atom. The molecule has 0 aliphatic carbocycles. The second kappa shape index (κ2) is 16.2. The van der Waals surface area contributed by atoms with Crippen LogP contribution >= 0.6 is 0 Å². The van der Waals surface area contributed by atoms with Crippen molar-refractivity contribution in [2.24, 2.45) is 0 Å². The molecule has 0 aromatic carbocycles. The van der Waals surface area contributed by atoms with E-state index in [4.69, 9.17) is 33.2 Å². The molecule has 21 nitrogen and oxygen atoms in total. The molecule has 0 saturated carbocycles. The Balaban J connectivity index is 1.71. The van der Waals surface area contributed by atoms with Crippen LogP contribution in [0.1, 0.15) is 13.8 Å². The molecule has 4 fully saturated rings. The third-order valence-electron chi connectivity index (χ3n) is 8.57. The van der Waals surface area contributed by atoms with Crippen molar-refractivity contribution >= 4 is 5.91 Å². The standard InChI is InChI=1S/C26H45NO20/c1-6-12(32)16(36)18(38)24(41-6)47-22-21(46-25-19(39)17(37)13(33)8(3-28)43-25)14(34)9(4-29)44-26(22)45-20-10(5-30)42-23(40)11(15(20)35)27-7(2)31/h6,8-26,28-30,32-40H,3-5H2,1-2H3,(H,27,31)/t6-,8+,9+,10+,11+,12+,13-,14-,15+,16+,17-,18-,19+,20-,21-,22+,23-,24-,25+,26-/m0/s1. The van der Waals surface area contributed by atoms with E-state index in [0.29, 0.717) is 0 Å². The van der Waals surface area contributed by atoms with Gasteiger partial charge in [-0.2, -0.15) is 0 Å². The Kier molecular flexibility index (Phi) is 13.2. The first-order valence-corrected chi connectivity index (χ1v) is 15.0. The number of amides is 1. The molecule has 4 rings (SSSR count). The van der Waals surface area contributed by atoms with E-state index in [0.717, 1.165) is 6.92 Å². The highest BCUT2D eigenvalue weighted by atomic mass is 16.8. The van der Waals surface area contributed by atoms with Gasteiger partial charge in [0.2, 0.25) is 5.91 Å². The molecule has 21 heteroatoms. The highest BCUT2D eigenvalue weighted by Gasteiger charge is 2.56. The maximum Gasteiger partial charge on any atom is 0.217 e. The lowest BCUT2D eigenvalue weighted by atomic mass is 9.94. The van der Waals surface area contributed by atoms with Gasteiger partial charge in [-0.25, -0.2) is 0 Å². The van der Waals surface area contributed by atoms with E-state index in [9.17, 15) is 66.1 Å². The van der Waals surface area contributed by atoms with Gasteiger partial charge in [0.15, 0.2) is 25.2 Å². The Morgan fingerprint density at radius 3 is 1.62 bits per heavy atom. The van der Waals surface area contributed by atoms with Crippen LogP contribution in [0.5, 0.6) is 0 Å². The van der Waals surface area contributed by atoms with Crippen LogP contribution in [0, 0.1) is 0 Å². The van der Waals surface area contributed by atoms with Gasteiger partial charge in [-0.3, -0.25) is 4.79 Å². The van der Waals surface area contributed by atoms with Gasteiger partial charge in [0.1, 0.15) is 91.5 Å². The average molecular weight is 692 g/mol. The largest absolute Gasteiger partial charge is 0.394 e. The number of carbonyl (C=O) groups excluding carboxylic acids is 1. The van der Waals surface area contributed by atoms with Gasteiger partial charge in [0, 0.05) is 6.92 Å². The Bertz CT molecular complexity index is 1010. The van der Waals surface area contributed by atoms with Crippen LogP contribution < -0.4 is 5.32 Å². The van der Waals surface area contributed by atoms with Gasteiger partial charge in [-0.05, 0) is 6.92 Å². The molecule has 274 valence electrons. The highest BCUT2D eigenvalue weighted by Crippen LogP contribution is 2.35. The zero-order chi connectivity index (χ0) is 34.9. The van der Waals surface area contributed by atoms with Crippen molar-refractivity contribution in [2.75, 3.05) is 19.8 Å². The first-order chi connectivity index (χ1) is 22.1. The molecule has 47 heavy (non-hydrogen) atoms. The SMILES string of the molecule is CC(=O)N[C@@H]1[C@@H](O)[C@@H](O[C@@H]2O[C@H](CO)[C@H](O)[C@H](O[C@H]3O[C@H](CO)[C@H](O)[C@H](O)[C@H]3O)[C@H]2O[C@@H]2O[C@@H](C)[C@@H](O)[C@@H](O)[C@@H]2O)[C@@H](CO)O[C@@H]1O. The molecule has 0 spiro atoms. The highest BCUT2D eigenvalue weighted by molar-refractivity contribution is 5.73. The van der Waals surface area contributed by atoms with Crippen molar-refractivity contribution in [1.82, 2.24) is 5.32 Å². The van der Waals surface area contributed by atoms with E-state index in [1.54, 1.807) is 0 Å². The second-order valence-corrected chi connectivity index (χ2v) is 11.9. The van der Waals surface area contributed by atoms with Crippen LogP contribution in [0.4, 0.5) is 0 Å². The first kappa shape index (κ1) is 38.5. The summed E-state index contributed by atoms with van der Waals surface area (Å²) in [6.07, 6.45) is -33.1. The predicted molar refractivity (Wildman–Crippen MR) is 144 cm³/mol. The van der Waals surface area contributed by atoms with Gasteiger partial charge in [0.25, 0.3) is 0 Å². The number of aliphatic hydroxyl groups excluding tert-OH is 12. The lowest BCUT2D eigenvalue weighted by molar-refractivity contribution is -0.402. The molecule has 4 saturated heterocycles. The van der Waals surface area contributed by atoms with Crippen LogP contribution in [0.15, 0.2) is 0 Å². The maximum absolute atomic E-state index is 11.7. The van der Waals surface area contributed by atoms with Gasteiger partial charge in [-0.15, -0.1) is 0 Å². The minimum Gasteiger partial charge on any atom is -0.394 e. The van der Waals surface area contributed by atoms with Crippen LogP contribution in [-0.2, 0) is 38.0 Å². The number of nitrogens with one attached hydrogen (secondary N) is 1. The first-order valence-electron chi connectivity index (χ1n) is 15.0. The second-order valence-electron chi connectivity index (χ2n) is 11.9. The van der Waals surface area contributed by atoms with Gasteiger partial charge >= 0.3 is 0 Å². The minimum absolute atomic E-state index is 0.678. The van der Waals surface area contributed by atoms with E-state index in [-0.39, 0.29) is 0 Å². The molecular formula is C26H45NO20. The summed E-state index contributed by atoms with van der Waals surface area (Å²) in [6, 6.07) is -1.50. The van der Waals surface area contributed by atoms with Crippen molar-refractivity contribution in [2.45, 2.75) is 137 Å². The van der Waals surface area contributed by atoms with Crippen molar-refractivity contribution in [3.63, 3.8) is 0 Å². The third-order valence-corrected chi connectivity index (χ3v) is 8.57. The maximum atomic E-state index is 11.7. The summed E-state index contributed by atoms with van der Waals surface area (Å²) >= 11 is 0. The molecule has 4 heterocycles. The zero-order valence-corrected chi connectivity index (χ0v) is 25.3. The van der Waals surface area contributed by atoms with Crippen molar-refractivity contribution in [3.8, 4) is 0 Å². The molecule has 4 aliphatic rings. The normalized spacial score (nSPS) is 51.0. The number of hydrogen-bond donors (Lipinski definition) is 13. The molecule has 0 unspecified atom stereocenters. The fourth-order valence-corrected chi connectivity index (χ4v) is 5.86. The van der Waals surface area contributed by atoms with Crippen LogP contribution in [0.25, 0.3) is 0 Å². The minimum atomic E-state index is -1.99. The lowest BCUT2D eigenvalue weighted by Gasteiger charge is -2.50. The summed E-state index contributed by atoms with van der Waals surface area (Å²) in [5.41, 5.74) is 0. The third kappa shape index (κ3) is 8.04. The van der Waals surface area contributed by atoms with Crippen molar-refractivity contribution < 1.29 is 99.2 Å². The summed E-state index contributed by atoms with van der Waals surface area (Å²) in [6.45, 7) is -0.164. The monoisotopic (exact) mass is 691 g/mol. The van der Waals surface area contributed by atoms with E-state index in [1.165, 1.54) is 6.92 Å². The molecule has 0 radical (unpaired) electrons. The van der Waals surface area contributed by atoms with E-state index in [2.05, 4.69) is 5.32 Å². The predicted octanol–water partition coefficient (Wildman–Crippen LogP) is -8.58. The Labute approximate surface area is 267 Å². The van der Waals surface area contributed by atoms with Crippen LogP contribution in [0.2, 0.25) is 0 Å². The van der Waals surface area contributed by atoms with Crippen molar-refractivity contribution in [1.29, 1.82) is 0 Å². The number of hydrogen-bond acceptors (Lipinski definition) is 20. The summed E-state index contributed by atoms with van der Waals surface area (Å²) < 4.78 is 39.6. The van der Waals surface area contributed by atoms with E-state index < -0.39 is 148 Å². The van der Waals surface area contributed by atoms with Gasteiger partial charge in [0.05, 0.1) is 25.9 Å². The molecule has 1 amide bonds. The number of carbonyl (C=O) groups is 1. The molecule has 13 N–H and O–H groups in total. The summed E-state index contributed by atoms with van der Waals surface area (Å²) in [4.78, 5) is 11.7. The fourth-order valence-electron chi connectivity index (χ4n) is 5.86. The van der Waals surface area contributed by atoms with Gasteiger partial charge in [-0.1, -0.05) is 0 Å².